The molecule has 2 aliphatic rings. The van der Waals surface area contributed by atoms with E-state index in [1.54, 1.807) is 0 Å². The van der Waals surface area contributed by atoms with E-state index in [1.165, 1.54) is 27.6 Å². The molecule has 34 heavy (non-hydrogen) atoms. The van der Waals surface area contributed by atoms with E-state index in [2.05, 4.69) is 80.5 Å². The van der Waals surface area contributed by atoms with Crippen molar-refractivity contribution in [2.45, 2.75) is 12.5 Å². The summed E-state index contributed by atoms with van der Waals surface area (Å²) in [5, 5.41) is 11.7. The molecular weight excluding hydrogens is 424 g/mol. The Balaban J connectivity index is 1.19. The molecule has 1 aliphatic heterocycles. The second-order valence-electron chi connectivity index (χ2n) is 8.92. The largest absolute Gasteiger partial charge is 0.378 e. The Hall–Kier alpha value is -3.97. The summed E-state index contributed by atoms with van der Waals surface area (Å²) in [4.78, 5) is 11.7. The topological polar surface area (TPSA) is 68.1 Å². The molecule has 7 rings (SSSR count). The highest BCUT2D eigenvalue weighted by Crippen LogP contribution is 2.39. The Morgan fingerprint density at radius 3 is 2.56 bits per heavy atom. The minimum absolute atomic E-state index is 0.133. The standard InChI is InChI=1S/C27H24N6O/c1-3-18-4-2-6-23-24(15-19(5-1)25(18)23)33-26-20(17-29-33)16-28-27(31-26)30-21-7-9-22(10-8-21)32-11-13-34-14-12-32/h1-10,16-17,24H,11-15H2,(H,28,30,31)/t24-/m0/s1. The molecule has 0 saturated carbocycles. The molecule has 7 nitrogen and oxygen atoms in total. The minimum atomic E-state index is 0.133. The number of nitrogens with one attached hydrogen (secondary N) is 1. The van der Waals surface area contributed by atoms with Gasteiger partial charge in [0.05, 0.1) is 30.8 Å². The number of morpholine rings is 1. The van der Waals surface area contributed by atoms with E-state index >= 15 is 0 Å². The predicted octanol–water partition coefficient (Wildman–Crippen LogP) is 4.71. The highest BCUT2D eigenvalue weighted by molar-refractivity contribution is 5.91. The minimum Gasteiger partial charge on any atom is -0.378 e. The van der Waals surface area contributed by atoms with Crippen LogP contribution in [0.25, 0.3) is 21.8 Å². The van der Waals surface area contributed by atoms with Crippen LogP contribution in [-0.2, 0) is 11.2 Å². The summed E-state index contributed by atoms with van der Waals surface area (Å²) in [6.45, 7) is 3.41. The number of hydrogen-bond acceptors (Lipinski definition) is 6. The van der Waals surface area contributed by atoms with Crippen LogP contribution in [0, 0.1) is 0 Å². The summed E-state index contributed by atoms with van der Waals surface area (Å²) >= 11 is 0. The Morgan fingerprint density at radius 2 is 1.71 bits per heavy atom. The number of benzene rings is 3. The lowest BCUT2D eigenvalue weighted by atomic mass is 10.0. The zero-order chi connectivity index (χ0) is 22.5. The molecule has 1 N–H and O–H groups in total. The molecule has 1 aliphatic carbocycles. The van der Waals surface area contributed by atoms with Gasteiger partial charge in [-0.1, -0.05) is 36.4 Å². The van der Waals surface area contributed by atoms with Gasteiger partial charge in [-0.05, 0) is 52.6 Å². The van der Waals surface area contributed by atoms with Gasteiger partial charge >= 0.3 is 0 Å². The van der Waals surface area contributed by atoms with Crippen molar-refractivity contribution < 1.29 is 4.74 Å². The van der Waals surface area contributed by atoms with Crippen molar-refractivity contribution in [2.24, 2.45) is 0 Å². The lowest BCUT2D eigenvalue weighted by molar-refractivity contribution is 0.122. The molecule has 7 heteroatoms. The quantitative estimate of drug-likeness (QED) is 0.430. The van der Waals surface area contributed by atoms with E-state index in [1.807, 2.05) is 12.4 Å². The summed E-state index contributed by atoms with van der Waals surface area (Å²) in [5.74, 6) is 0.571. The van der Waals surface area contributed by atoms with Crippen molar-refractivity contribution in [2.75, 3.05) is 36.5 Å². The van der Waals surface area contributed by atoms with Crippen LogP contribution in [0.2, 0.25) is 0 Å². The highest BCUT2D eigenvalue weighted by Gasteiger charge is 2.27. The van der Waals surface area contributed by atoms with Crippen LogP contribution in [0.15, 0.2) is 73.1 Å². The first kappa shape index (κ1) is 19.5. The second kappa shape index (κ2) is 7.81. The van der Waals surface area contributed by atoms with Gasteiger partial charge in [-0.15, -0.1) is 0 Å². The van der Waals surface area contributed by atoms with Crippen LogP contribution in [0.4, 0.5) is 17.3 Å². The Kier molecular flexibility index (Phi) is 4.48. The van der Waals surface area contributed by atoms with Crippen LogP contribution in [0.5, 0.6) is 0 Å². The normalized spacial score (nSPS) is 17.5. The van der Waals surface area contributed by atoms with Gasteiger partial charge in [0.15, 0.2) is 5.65 Å². The summed E-state index contributed by atoms with van der Waals surface area (Å²) in [7, 11) is 0. The molecule has 0 unspecified atom stereocenters. The van der Waals surface area contributed by atoms with Gasteiger partial charge in [0.1, 0.15) is 0 Å². The van der Waals surface area contributed by atoms with E-state index < -0.39 is 0 Å². The average Bonchev–Trinajstić information content (AvgIpc) is 3.48. The van der Waals surface area contributed by atoms with Crippen molar-refractivity contribution in [3.8, 4) is 0 Å². The van der Waals surface area contributed by atoms with E-state index in [4.69, 9.17) is 14.8 Å². The van der Waals surface area contributed by atoms with Crippen LogP contribution < -0.4 is 10.2 Å². The lowest BCUT2D eigenvalue weighted by Crippen LogP contribution is -2.36. The molecule has 0 amide bonds. The van der Waals surface area contributed by atoms with Crippen molar-refractivity contribution in [3.05, 3.63) is 84.2 Å². The van der Waals surface area contributed by atoms with Gasteiger partial charge in [0.25, 0.3) is 0 Å². The van der Waals surface area contributed by atoms with Crippen molar-refractivity contribution in [1.29, 1.82) is 0 Å². The first-order valence-corrected chi connectivity index (χ1v) is 11.7. The SMILES string of the molecule is c1cc2c3c(cccc3c1)[C@@H](n1ncc3cnc(Nc4ccc(N5CCOCC5)cc4)nc31)C2. The summed E-state index contributed by atoms with van der Waals surface area (Å²) < 4.78 is 7.51. The molecule has 168 valence electrons. The van der Waals surface area contributed by atoms with E-state index in [9.17, 15) is 0 Å². The maximum absolute atomic E-state index is 5.46. The number of hydrogen-bond donors (Lipinski definition) is 1. The summed E-state index contributed by atoms with van der Waals surface area (Å²) in [6, 6.07) is 21.6. The van der Waals surface area contributed by atoms with Crippen LogP contribution in [-0.4, -0.2) is 46.1 Å². The van der Waals surface area contributed by atoms with Crippen molar-refractivity contribution in [3.63, 3.8) is 0 Å². The van der Waals surface area contributed by atoms with Crippen LogP contribution in [0.1, 0.15) is 17.2 Å². The van der Waals surface area contributed by atoms with Crippen molar-refractivity contribution >= 4 is 39.1 Å². The van der Waals surface area contributed by atoms with Gasteiger partial charge in [-0.2, -0.15) is 10.1 Å². The first-order valence-electron chi connectivity index (χ1n) is 11.7. The Bertz CT molecular complexity index is 1500. The van der Waals surface area contributed by atoms with Gasteiger partial charge in [-0.3, -0.25) is 0 Å². The molecule has 2 aromatic heterocycles. The first-order chi connectivity index (χ1) is 16.8. The molecule has 0 spiro atoms. The molecule has 5 aromatic rings. The van der Waals surface area contributed by atoms with Gasteiger partial charge in [0, 0.05) is 30.7 Å². The van der Waals surface area contributed by atoms with Crippen molar-refractivity contribution in [1.82, 2.24) is 19.7 Å². The molecule has 0 radical (unpaired) electrons. The van der Waals surface area contributed by atoms with E-state index in [0.717, 1.165) is 49.4 Å². The monoisotopic (exact) mass is 448 g/mol. The van der Waals surface area contributed by atoms with Crippen LogP contribution in [0.3, 0.4) is 0 Å². The number of rotatable bonds is 4. The van der Waals surface area contributed by atoms with Gasteiger partial charge in [0.2, 0.25) is 5.95 Å². The fourth-order valence-electron chi connectivity index (χ4n) is 5.26. The zero-order valence-corrected chi connectivity index (χ0v) is 18.7. The maximum Gasteiger partial charge on any atom is 0.229 e. The molecule has 0 bridgehead atoms. The number of anilines is 3. The highest BCUT2D eigenvalue weighted by atomic mass is 16.5. The zero-order valence-electron chi connectivity index (χ0n) is 18.7. The third-order valence-electron chi connectivity index (χ3n) is 6.92. The number of aromatic nitrogens is 4. The fraction of sp³-hybridized carbons (Fsp3) is 0.222. The number of fused-ring (bicyclic) bond motifs is 1. The maximum atomic E-state index is 5.46. The van der Waals surface area contributed by atoms with Gasteiger partial charge in [-0.25, -0.2) is 9.67 Å². The third-order valence-corrected chi connectivity index (χ3v) is 6.92. The molecule has 3 heterocycles. The number of ether oxygens (including phenoxy) is 1. The third kappa shape index (κ3) is 3.20. The summed E-state index contributed by atoms with van der Waals surface area (Å²) in [5.41, 5.74) is 5.69. The molecule has 1 saturated heterocycles. The van der Waals surface area contributed by atoms with Crippen LogP contribution >= 0.6 is 0 Å². The lowest BCUT2D eigenvalue weighted by Gasteiger charge is -2.28. The molecule has 1 fully saturated rings. The predicted molar refractivity (Wildman–Crippen MR) is 134 cm³/mol. The number of nitrogens with zero attached hydrogens (tertiary/aromatic N) is 5. The van der Waals surface area contributed by atoms with E-state index in [-0.39, 0.29) is 6.04 Å². The second-order valence-corrected chi connectivity index (χ2v) is 8.92. The molecule has 3 aromatic carbocycles. The smallest absolute Gasteiger partial charge is 0.229 e. The average molecular weight is 449 g/mol. The fourth-order valence-corrected chi connectivity index (χ4v) is 5.26. The molecule has 1 atom stereocenters. The Labute approximate surface area is 197 Å². The summed E-state index contributed by atoms with van der Waals surface area (Å²) in [6.07, 6.45) is 4.63. The Morgan fingerprint density at radius 1 is 0.882 bits per heavy atom. The van der Waals surface area contributed by atoms with E-state index in [0.29, 0.717) is 5.95 Å². The van der Waals surface area contributed by atoms with Gasteiger partial charge < -0.3 is 15.0 Å². The molecular formula is C27H24N6O.